The first kappa shape index (κ1) is 13.5. The Balaban J connectivity index is 4.14. The van der Waals surface area contributed by atoms with Crippen LogP contribution in [0.4, 0.5) is 0 Å². The molecule has 2 N–H and O–H groups in total. The summed E-state index contributed by atoms with van der Waals surface area (Å²) in [5, 5.41) is 0. The maximum atomic E-state index is 11.0. The molecule has 0 saturated carbocycles. The second-order valence-corrected chi connectivity index (χ2v) is 4.31. The molecule has 0 unspecified atom stereocenters. The predicted molar refractivity (Wildman–Crippen MR) is 61.0 cm³/mol. The van der Waals surface area contributed by atoms with Crippen LogP contribution in [0.5, 0.6) is 0 Å². The van der Waals surface area contributed by atoms with E-state index in [0.29, 0.717) is 6.42 Å². The molecule has 2 nitrogen and oxygen atoms in total. The van der Waals surface area contributed by atoms with Crippen LogP contribution in [0.1, 0.15) is 65.7 Å². The van der Waals surface area contributed by atoms with Gasteiger partial charge in [-0.1, -0.05) is 40.0 Å². The molecule has 0 spiro atoms. The maximum Gasteiger partial charge on any atom is 0.217 e. The fourth-order valence-electron chi connectivity index (χ4n) is 2.06. The number of hydrogen-bond acceptors (Lipinski definition) is 1. The molecule has 84 valence electrons. The molecule has 0 fully saturated rings. The van der Waals surface area contributed by atoms with Crippen molar-refractivity contribution < 1.29 is 4.79 Å². The van der Waals surface area contributed by atoms with Crippen molar-refractivity contribution in [1.82, 2.24) is 0 Å². The van der Waals surface area contributed by atoms with Crippen LogP contribution >= 0.6 is 0 Å². The molecule has 0 bridgehead atoms. The minimum Gasteiger partial charge on any atom is -0.370 e. The molecule has 0 atom stereocenters. The molecule has 0 aliphatic heterocycles. The Hall–Kier alpha value is -0.530. The minimum atomic E-state index is -0.148. The summed E-state index contributed by atoms with van der Waals surface area (Å²) >= 11 is 0. The monoisotopic (exact) mass is 199 g/mol. The van der Waals surface area contributed by atoms with Crippen LogP contribution in [0.15, 0.2) is 0 Å². The summed E-state index contributed by atoms with van der Waals surface area (Å²) in [6, 6.07) is 0. The van der Waals surface area contributed by atoms with Gasteiger partial charge in [-0.2, -0.15) is 0 Å². The lowest BCUT2D eigenvalue weighted by Crippen LogP contribution is -2.27. The molecule has 0 aromatic heterocycles. The first-order valence-corrected chi connectivity index (χ1v) is 5.88. The molecule has 0 aromatic carbocycles. The van der Waals surface area contributed by atoms with E-state index in [1.165, 1.54) is 19.3 Å². The first-order valence-electron chi connectivity index (χ1n) is 5.88. The van der Waals surface area contributed by atoms with E-state index in [-0.39, 0.29) is 11.3 Å². The molecule has 2 heteroatoms. The quantitative estimate of drug-likeness (QED) is 0.599. The van der Waals surface area contributed by atoms with Crippen LogP contribution < -0.4 is 5.73 Å². The van der Waals surface area contributed by atoms with Gasteiger partial charge >= 0.3 is 0 Å². The third kappa shape index (κ3) is 4.64. The zero-order chi connectivity index (χ0) is 11.0. The normalized spacial score (nSPS) is 11.6. The van der Waals surface area contributed by atoms with Gasteiger partial charge in [0.1, 0.15) is 0 Å². The molecule has 0 heterocycles. The SMILES string of the molecule is CCCCCC(CC)(CC)CC(N)=O. The number of rotatable bonds is 8. The molecule has 0 aliphatic carbocycles. The Morgan fingerprint density at radius 2 is 1.71 bits per heavy atom. The molecular formula is C12H25NO. The highest BCUT2D eigenvalue weighted by Gasteiger charge is 2.27. The van der Waals surface area contributed by atoms with Crippen molar-refractivity contribution in [1.29, 1.82) is 0 Å². The number of amides is 1. The van der Waals surface area contributed by atoms with E-state index in [1.807, 2.05) is 0 Å². The van der Waals surface area contributed by atoms with E-state index in [1.54, 1.807) is 0 Å². The topological polar surface area (TPSA) is 43.1 Å². The van der Waals surface area contributed by atoms with Gasteiger partial charge in [0.05, 0.1) is 0 Å². The standard InChI is InChI=1S/C12H25NO/c1-4-7-8-9-12(5-2,6-3)10-11(13)14/h4-10H2,1-3H3,(H2,13,14). The largest absolute Gasteiger partial charge is 0.370 e. The molecule has 0 aliphatic rings. The average Bonchev–Trinajstić information content (AvgIpc) is 2.16. The summed E-state index contributed by atoms with van der Waals surface area (Å²) in [6.07, 6.45) is 7.57. The third-order valence-corrected chi connectivity index (χ3v) is 3.36. The summed E-state index contributed by atoms with van der Waals surface area (Å²) in [4.78, 5) is 11.0. The van der Waals surface area contributed by atoms with Crippen molar-refractivity contribution >= 4 is 5.91 Å². The van der Waals surface area contributed by atoms with Crippen molar-refractivity contribution in [2.75, 3.05) is 0 Å². The Morgan fingerprint density at radius 1 is 1.14 bits per heavy atom. The van der Waals surface area contributed by atoms with Gasteiger partial charge in [-0.3, -0.25) is 4.79 Å². The molecule has 14 heavy (non-hydrogen) atoms. The van der Waals surface area contributed by atoms with Crippen LogP contribution in [0.2, 0.25) is 0 Å². The Kier molecular flexibility index (Phi) is 6.60. The fourth-order valence-corrected chi connectivity index (χ4v) is 2.06. The van der Waals surface area contributed by atoms with Gasteiger partial charge in [-0.15, -0.1) is 0 Å². The van der Waals surface area contributed by atoms with Gasteiger partial charge in [0.25, 0.3) is 0 Å². The highest BCUT2D eigenvalue weighted by atomic mass is 16.1. The van der Waals surface area contributed by atoms with Gasteiger partial charge in [0.2, 0.25) is 5.91 Å². The van der Waals surface area contributed by atoms with E-state index in [4.69, 9.17) is 5.73 Å². The lowest BCUT2D eigenvalue weighted by Gasteiger charge is -2.30. The average molecular weight is 199 g/mol. The highest BCUT2D eigenvalue weighted by Crippen LogP contribution is 2.36. The summed E-state index contributed by atoms with van der Waals surface area (Å²) in [5.74, 6) is -0.148. The molecule has 0 rings (SSSR count). The number of primary amides is 1. The van der Waals surface area contributed by atoms with Crippen molar-refractivity contribution in [3.63, 3.8) is 0 Å². The Labute approximate surface area is 88.3 Å². The van der Waals surface area contributed by atoms with E-state index in [9.17, 15) is 4.79 Å². The van der Waals surface area contributed by atoms with Crippen molar-refractivity contribution in [2.45, 2.75) is 65.7 Å². The van der Waals surface area contributed by atoms with E-state index in [0.717, 1.165) is 19.3 Å². The molecular weight excluding hydrogens is 174 g/mol. The lowest BCUT2D eigenvalue weighted by molar-refractivity contribution is -0.120. The summed E-state index contributed by atoms with van der Waals surface area (Å²) in [7, 11) is 0. The summed E-state index contributed by atoms with van der Waals surface area (Å²) in [5.41, 5.74) is 5.48. The van der Waals surface area contributed by atoms with Crippen molar-refractivity contribution in [2.24, 2.45) is 11.1 Å². The molecule has 1 amide bonds. The second kappa shape index (κ2) is 6.86. The van der Waals surface area contributed by atoms with Gasteiger partial charge in [-0.25, -0.2) is 0 Å². The van der Waals surface area contributed by atoms with Gasteiger partial charge in [-0.05, 0) is 24.7 Å². The van der Waals surface area contributed by atoms with Gasteiger partial charge in [0.15, 0.2) is 0 Å². The summed E-state index contributed by atoms with van der Waals surface area (Å²) in [6.45, 7) is 6.53. The number of nitrogens with two attached hydrogens (primary N) is 1. The highest BCUT2D eigenvalue weighted by molar-refractivity contribution is 5.74. The van der Waals surface area contributed by atoms with Crippen molar-refractivity contribution in [3.8, 4) is 0 Å². The maximum absolute atomic E-state index is 11.0. The number of carbonyl (C=O) groups is 1. The summed E-state index contributed by atoms with van der Waals surface area (Å²) < 4.78 is 0. The molecule has 0 aromatic rings. The van der Waals surface area contributed by atoms with Crippen LogP contribution in [0.3, 0.4) is 0 Å². The van der Waals surface area contributed by atoms with E-state index < -0.39 is 0 Å². The lowest BCUT2D eigenvalue weighted by atomic mass is 9.75. The Morgan fingerprint density at radius 3 is 2.07 bits per heavy atom. The Bertz CT molecular complexity index is 162. The fraction of sp³-hybridized carbons (Fsp3) is 0.917. The first-order chi connectivity index (χ1) is 6.60. The number of carbonyl (C=O) groups excluding carboxylic acids is 1. The third-order valence-electron chi connectivity index (χ3n) is 3.36. The van der Waals surface area contributed by atoms with Gasteiger partial charge in [0, 0.05) is 6.42 Å². The number of hydrogen-bond donors (Lipinski definition) is 1. The zero-order valence-electron chi connectivity index (χ0n) is 9.94. The second-order valence-electron chi connectivity index (χ2n) is 4.31. The van der Waals surface area contributed by atoms with E-state index >= 15 is 0 Å². The smallest absolute Gasteiger partial charge is 0.217 e. The molecule has 0 radical (unpaired) electrons. The molecule has 0 saturated heterocycles. The number of unbranched alkanes of at least 4 members (excludes halogenated alkanes) is 2. The van der Waals surface area contributed by atoms with Gasteiger partial charge < -0.3 is 5.73 Å². The van der Waals surface area contributed by atoms with E-state index in [2.05, 4.69) is 20.8 Å². The van der Waals surface area contributed by atoms with Crippen LogP contribution in [-0.4, -0.2) is 5.91 Å². The van der Waals surface area contributed by atoms with Crippen molar-refractivity contribution in [3.05, 3.63) is 0 Å². The minimum absolute atomic E-state index is 0.148. The van der Waals surface area contributed by atoms with Crippen LogP contribution in [0.25, 0.3) is 0 Å². The zero-order valence-corrected chi connectivity index (χ0v) is 9.94. The van der Waals surface area contributed by atoms with Crippen LogP contribution in [0, 0.1) is 5.41 Å². The predicted octanol–water partition coefficient (Wildman–Crippen LogP) is 3.25. The van der Waals surface area contributed by atoms with Crippen LogP contribution in [-0.2, 0) is 4.79 Å².